The fourth-order valence-electron chi connectivity index (χ4n) is 5.26. The monoisotopic (exact) mass is 584 g/mol. The standard InChI is InChI=1S/C33H33FN4O5/c1-19-9-10-20(34)16-27(19)36-18-25-22(13-14-26-29(25)38(4)32(40)33(2,3)37-26)23-12-11-21(17-28(23)41-5)43-31(39)24-8-7-15-35-30(24)42-6/h7-17,36-37H,18H2,1-6H3. The summed E-state index contributed by atoms with van der Waals surface area (Å²) in [5.74, 6) is -0.205. The van der Waals surface area contributed by atoms with Gasteiger partial charge in [-0.2, -0.15) is 0 Å². The van der Waals surface area contributed by atoms with Crippen LogP contribution in [0, 0.1) is 12.7 Å². The van der Waals surface area contributed by atoms with Crippen molar-refractivity contribution in [2.75, 3.05) is 36.8 Å². The van der Waals surface area contributed by atoms with E-state index in [4.69, 9.17) is 14.2 Å². The number of likely N-dealkylation sites (N-methyl/N-ethyl adjacent to an activating group) is 1. The molecule has 2 heterocycles. The molecule has 43 heavy (non-hydrogen) atoms. The van der Waals surface area contributed by atoms with Gasteiger partial charge in [0.05, 0.1) is 25.6 Å². The number of rotatable bonds is 8. The number of hydrogen-bond acceptors (Lipinski definition) is 8. The second kappa shape index (κ2) is 11.6. The van der Waals surface area contributed by atoms with Crippen molar-refractivity contribution < 1.29 is 28.2 Å². The van der Waals surface area contributed by atoms with Crippen LogP contribution in [0.2, 0.25) is 0 Å². The van der Waals surface area contributed by atoms with Gasteiger partial charge in [-0.1, -0.05) is 12.1 Å². The van der Waals surface area contributed by atoms with Crippen LogP contribution >= 0.6 is 0 Å². The van der Waals surface area contributed by atoms with Crippen molar-refractivity contribution in [1.82, 2.24) is 4.98 Å². The molecule has 3 aromatic carbocycles. The van der Waals surface area contributed by atoms with Gasteiger partial charge in [0, 0.05) is 42.7 Å². The Morgan fingerprint density at radius 1 is 1.05 bits per heavy atom. The van der Waals surface area contributed by atoms with Crippen LogP contribution in [0.25, 0.3) is 11.1 Å². The molecule has 0 spiro atoms. The van der Waals surface area contributed by atoms with Crippen molar-refractivity contribution in [3.8, 4) is 28.5 Å². The van der Waals surface area contributed by atoms with E-state index in [2.05, 4.69) is 15.6 Å². The quantitative estimate of drug-likeness (QED) is 0.186. The number of hydrogen-bond donors (Lipinski definition) is 2. The maximum Gasteiger partial charge on any atom is 0.349 e. The average Bonchev–Trinajstić information content (AvgIpc) is 3.00. The molecule has 1 amide bonds. The molecule has 1 aromatic heterocycles. The second-order valence-electron chi connectivity index (χ2n) is 10.7. The van der Waals surface area contributed by atoms with Crippen LogP contribution in [0.1, 0.15) is 35.3 Å². The van der Waals surface area contributed by atoms with E-state index in [9.17, 15) is 14.0 Å². The fourth-order valence-corrected chi connectivity index (χ4v) is 5.26. The maximum atomic E-state index is 14.1. The molecule has 10 heteroatoms. The molecule has 0 radical (unpaired) electrons. The molecule has 222 valence electrons. The Morgan fingerprint density at radius 3 is 2.56 bits per heavy atom. The van der Waals surface area contributed by atoms with Gasteiger partial charge < -0.3 is 29.7 Å². The number of halogens is 1. The first kappa shape index (κ1) is 29.4. The molecule has 0 saturated heterocycles. The number of carbonyl (C=O) groups is 2. The van der Waals surface area contributed by atoms with Crippen LogP contribution in [0.4, 0.5) is 21.5 Å². The SMILES string of the molecule is COc1cc(OC(=O)c2cccnc2OC)ccc1-c1ccc2c(c1CNc1cc(F)ccc1C)N(C)C(=O)C(C)(C)N2. The molecule has 0 bridgehead atoms. The molecule has 1 aliphatic rings. The lowest BCUT2D eigenvalue weighted by molar-refractivity contribution is -0.121. The number of pyridine rings is 1. The van der Waals surface area contributed by atoms with E-state index in [1.165, 1.54) is 32.5 Å². The van der Waals surface area contributed by atoms with E-state index < -0.39 is 11.5 Å². The van der Waals surface area contributed by atoms with Crippen LogP contribution in [-0.2, 0) is 11.3 Å². The molecular formula is C33H33FN4O5. The summed E-state index contributed by atoms with van der Waals surface area (Å²) in [4.78, 5) is 31.9. The predicted molar refractivity (Wildman–Crippen MR) is 164 cm³/mol. The molecular weight excluding hydrogens is 551 g/mol. The number of esters is 1. The number of nitrogens with one attached hydrogen (secondary N) is 2. The van der Waals surface area contributed by atoms with Gasteiger partial charge in [-0.3, -0.25) is 4.79 Å². The highest BCUT2D eigenvalue weighted by molar-refractivity contribution is 6.09. The highest BCUT2D eigenvalue weighted by atomic mass is 19.1. The third-order valence-electron chi connectivity index (χ3n) is 7.42. The summed E-state index contributed by atoms with van der Waals surface area (Å²) >= 11 is 0. The predicted octanol–water partition coefficient (Wildman–Crippen LogP) is 6.21. The van der Waals surface area contributed by atoms with Gasteiger partial charge in [-0.15, -0.1) is 0 Å². The molecule has 4 aromatic rings. The summed E-state index contributed by atoms with van der Waals surface area (Å²) in [6.07, 6.45) is 1.52. The molecule has 0 atom stereocenters. The number of methoxy groups -OCH3 is 2. The zero-order valence-corrected chi connectivity index (χ0v) is 24.9. The van der Waals surface area contributed by atoms with Gasteiger partial charge in [0.15, 0.2) is 0 Å². The average molecular weight is 585 g/mol. The topological polar surface area (TPSA) is 102 Å². The van der Waals surface area contributed by atoms with E-state index in [-0.39, 0.29) is 35.5 Å². The maximum absolute atomic E-state index is 14.1. The summed E-state index contributed by atoms with van der Waals surface area (Å²) in [6.45, 7) is 5.85. The van der Waals surface area contributed by atoms with Gasteiger partial charge >= 0.3 is 5.97 Å². The lowest BCUT2D eigenvalue weighted by Gasteiger charge is -2.40. The number of carbonyl (C=O) groups excluding carboxylic acids is 2. The Morgan fingerprint density at radius 2 is 1.81 bits per heavy atom. The molecule has 0 aliphatic carbocycles. The zero-order chi connectivity index (χ0) is 30.9. The minimum Gasteiger partial charge on any atom is -0.496 e. The van der Waals surface area contributed by atoms with Crippen molar-refractivity contribution in [2.45, 2.75) is 32.9 Å². The molecule has 0 saturated carbocycles. The summed E-state index contributed by atoms with van der Waals surface area (Å²) in [5, 5.41) is 6.71. The number of nitrogens with zero attached hydrogens (tertiary/aromatic N) is 2. The molecule has 0 fully saturated rings. The van der Waals surface area contributed by atoms with E-state index in [1.807, 2.05) is 32.9 Å². The van der Waals surface area contributed by atoms with E-state index in [0.29, 0.717) is 22.7 Å². The summed E-state index contributed by atoms with van der Waals surface area (Å²) in [7, 11) is 4.71. The minimum atomic E-state index is -0.798. The Labute approximate surface area is 249 Å². The first-order valence-corrected chi connectivity index (χ1v) is 13.7. The number of aromatic nitrogens is 1. The molecule has 5 rings (SSSR count). The van der Waals surface area contributed by atoms with Crippen molar-refractivity contribution in [2.24, 2.45) is 0 Å². The third-order valence-corrected chi connectivity index (χ3v) is 7.42. The molecule has 0 unspecified atom stereocenters. The first-order chi connectivity index (χ1) is 20.5. The molecule has 1 aliphatic heterocycles. The number of fused-ring (bicyclic) bond motifs is 1. The molecule has 2 N–H and O–H groups in total. The van der Waals surface area contributed by atoms with Crippen LogP contribution in [0.15, 0.2) is 66.9 Å². The van der Waals surface area contributed by atoms with Crippen LogP contribution in [0.5, 0.6) is 17.4 Å². The minimum absolute atomic E-state index is 0.0969. The van der Waals surface area contributed by atoms with E-state index in [1.54, 1.807) is 48.3 Å². The number of amides is 1. The van der Waals surface area contributed by atoms with E-state index in [0.717, 1.165) is 22.4 Å². The van der Waals surface area contributed by atoms with Crippen molar-refractivity contribution >= 4 is 28.9 Å². The van der Waals surface area contributed by atoms with Gasteiger partial charge in [0.2, 0.25) is 5.88 Å². The Balaban J connectivity index is 1.57. The normalized spacial score (nSPS) is 13.6. The first-order valence-electron chi connectivity index (χ1n) is 13.7. The molecule has 9 nitrogen and oxygen atoms in total. The number of benzene rings is 3. The smallest absolute Gasteiger partial charge is 0.349 e. The zero-order valence-electron chi connectivity index (χ0n) is 24.9. The fraction of sp³-hybridized carbons (Fsp3) is 0.242. The van der Waals surface area contributed by atoms with Crippen LogP contribution in [-0.4, -0.2) is 43.7 Å². The van der Waals surface area contributed by atoms with Gasteiger partial charge in [-0.05, 0) is 74.4 Å². The summed E-state index contributed by atoms with van der Waals surface area (Å²) in [5.41, 5.74) is 4.69. The van der Waals surface area contributed by atoms with Crippen molar-refractivity contribution in [3.05, 3.63) is 89.4 Å². The lowest BCUT2D eigenvalue weighted by Crippen LogP contribution is -2.52. The number of aryl methyl sites for hydroxylation is 1. The van der Waals surface area contributed by atoms with Crippen molar-refractivity contribution in [1.29, 1.82) is 0 Å². The van der Waals surface area contributed by atoms with Gasteiger partial charge in [-0.25, -0.2) is 14.2 Å². The Hall–Kier alpha value is -5.12. The highest BCUT2D eigenvalue weighted by Gasteiger charge is 2.38. The summed E-state index contributed by atoms with van der Waals surface area (Å²) in [6, 6.07) is 16.7. The highest BCUT2D eigenvalue weighted by Crippen LogP contribution is 2.45. The Bertz CT molecular complexity index is 1720. The van der Waals surface area contributed by atoms with Crippen molar-refractivity contribution in [3.63, 3.8) is 0 Å². The Kier molecular flexibility index (Phi) is 7.95. The van der Waals surface area contributed by atoms with Crippen LogP contribution < -0.4 is 29.7 Å². The third kappa shape index (κ3) is 5.68. The van der Waals surface area contributed by atoms with Crippen LogP contribution in [0.3, 0.4) is 0 Å². The van der Waals surface area contributed by atoms with Gasteiger partial charge in [0.1, 0.15) is 28.4 Å². The van der Waals surface area contributed by atoms with E-state index >= 15 is 0 Å². The number of ether oxygens (including phenoxy) is 3. The largest absolute Gasteiger partial charge is 0.496 e. The second-order valence-corrected chi connectivity index (χ2v) is 10.7. The van der Waals surface area contributed by atoms with Gasteiger partial charge in [0.25, 0.3) is 5.91 Å². The number of anilines is 3. The summed E-state index contributed by atoms with van der Waals surface area (Å²) < 4.78 is 30.7. The lowest BCUT2D eigenvalue weighted by atomic mass is 9.91.